The standard InChI is InChI=1S/C20H17N3O3/c1-13-3-2-4-14(7-13)11-23-15(10-21)8-17(22)20(23)26-16-5-6-18-19(9-16)25-12-24-18/h2-9H,11-12,22H2,1H3. The van der Waals surface area contributed by atoms with Crippen molar-refractivity contribution in [3.8, 4) is 29.2 Å². The third-order valence-corrected chi connectivity index (χ3v) is 4.17. The summed E-state index contributed by atoms with van der Waals surface area (Å²) in [5.41, 5.74) is 9.18. The van der Waals surface area contributed by atoms with Gasteiger partial charge in [-0.15, -0.1) is 0 Å². The van der Waals surface area contributed by atoms with E-state index in [9.17, 15) is 5.26 Å². The van der Waals surface area contributed by atoms with Crippen molar-refractivity contribution in [1.29, 1.82) is 5.26 Å². The summed E-state index contributed by atoms with van der Waals surface area (Å²) in [6.07, 6.45) is 0. The lowest BCUT2D eigenvalue weighted by molar-refractivity contribution is 0.174. The van der Waals surface area contributed by atoms with E-state index in [4.69, 9.17) is 19.9 Å². The molecule has 0 atom stereocenters. The van der Waals surface area contributed by atoms with E-state index >= 15 is 0 Å². The van der Waals surface area contributed by atoms with Crippen LogP contribution in [0.5, 0.6) is 23.1 Å². The zero-order valence-electron chi connectivity index (χ0n) is 14.2. The van der Waals surface area contributed by atoms with Crippen molar-refractivity contribution in [2.45, 2.75) is 13.5 Å². The molecule has 130 valence electrons. The van der Waals surface area contributed by atoms with Crippen molar-refractivity contribution < 1.29 is 14.2 Å². The molecule has 1 aromatic heterocycles. The Kier molecular flexibility index (Phi) is 3.90. The second kappa shape index (κ2) is 6.37. The Hall–Kier alpha value is -3.59. The number of fused-ring (bicyclic) bond motifs is 1. The molecular weight excluding hydrogens is 330 g/mol. The average molecular weight is 347 g/mol. The van der Waals surface area contributed by atoms with E-state index in [1.165, 1.54) is 0 Å². The van der Waals surface area contributed by atoms with Gasteiger partial charge in [-0.2, -0.15) is 5.26 Å². The maximum atomic E-state index is 9.46. The molecule has 0 saturated carbocycles. The van der Waals surface area contributed by atoms with Crippen LogP contribution in [-0.4, -0.2) is 11.4 Å². The summed E-state index contributed by atoms with van der Waals surface area (Å²) in [7, 11) is 0. The molecule has 0 amide bonds. The summed E-state index contributed by atoms with van der Waals surface area (Å²) in [5.74, 6) is 2.30. The number of benzene rings is 2. The van der Waals surface area contributed by atoms with Crippen molar-refractivity contribution >= 4 is 5.69 Å². The van der Waals surface area contributed by atoms with Gasteiger partial charge in [-0.05, 0) is 24.6 Å². The molecule has 0 radical (unpaired) electrons. The number of aromatic nitrogens is 1. The summed E-state index contributed by atoms with van der Waals surface area (Å²) in [5, 5.41) is 9.46. The van der Waals surface area contributed by atoms with Crippen LogP contribution in [0.15, 0.2) is 48.5 Å². The van der Waals surface area contributed by atoms with Gasteiger partial charge in [-0.3, -0.25) is 4.57 Å². The van der Waals surface area contributed by atoms with Crippen LogP contribution in [0.4, 0.5) is 5.69 Å². The number of rotatable bonds is 4. The summed E-state index contributed by atoms with van der Waals surface area (Å²) in [6, 6.07) is 17.2. The van der Waals surface area contributed by atoms with Gasteiger partial charge in [-0.25, -0.2) is 0 Å². The second-order valence-corrected chi connectivity index (χ2v) is 6.09. The lowest BCUT2D eigenvalue weighted by Crippen LogP contribution is -2.05. The van der Waals surface area contributed by atoms with Gasteiger partial charge in [0.1, 0.15) is 17.5 Å². The van der Waals surface area contributed by atoms with Gasteiger partial charge in [-0.1, -0.05) is 29.8 Å². The highest BCUT2D eigenvalue weighted by atomic mass is 16.7. The molecule has 3 aromatic rings. The van der Waals surface area contributed by atoms with Gasteiger partial charge >= 0.3 is 0 Å². The number of aryl methyl sites for hydroxylation is 1. The largest absolute Gasteiger partial charge is 0.454 e. The number of ether oxygens (including phenoxy) is 3. The number of hydrogen-bond donors (Lipinski definition) is 1. The van der Waals surface area contributed by atoms with E-state index < -0.39 is 0 Å². The number of nitriles is 1. The Morgan fingerprint density at radius 3 is 2.81 bits per heavy atom. The number of nitrogen functional groups attached to an aromatic ring is 1. The van der Waals surface area contributed by atoms with Gasteiger partial charge in [0.2, 0.25) is 12.7 Å². The van der Waals surface area contributed by atoms with E-state index in [-0.39, 0.29) is 6.79 Å². The lowest BCUT2D eigenvalue weighted by Gasteiger charge is -2.13. The van der Waals surface area contributed by atoms with Crippen LogP contribution in [0.3, 0.4) is 0 Å². The van der Waals surface area contributed by atoms with Gasteiger partial charge < -0.3 is 19.9 Å². The van der Waals surface area contributed by atoms with Crippen molar-refractivity contribution in [3.05, 3.63) is 65.4 Å². The first-order valence-corrected chi connectivity index (χ1v) is 8.16. The fourth-order valence-electron chi connectivity index (χ4n) is 2.96. The van der Waals surface area contributed by atoms with Crippen molar-refractivity contribution in [2.75, 3.05) is 12.5 Å². The molecule has 6 heteroatoms. The molecule has 0 bridgehead atoms. The second-order valence-electron chi connectivity index (χ2n) is 6.09. The van der Waals surface area contributed by atoms with E-state index in [1.54, 1.807) is 28.8 Å². The maximum Gasteiger partial charge on any atom is 0.231 e. The van der Waals surface area contributed by atoms with Crippen LogP contribution in [0.1, 0.15) is 16.8 Å². The fourth-order valence-corrected chi connectivity index (χ4v) is 2.96. The normalized spacial score (nSPS) is 12.0. The van der Waals surface area contributed by atoms with Crippen molar-refractivity contribution in [3.63, 3.8) is 0 Å². The number of nitrogens with zero attached hydrogens (tertiary/aromatic N) is 2. The summed E-state index contributed by atoms with van der Waals surface area (Å²) in [6.45, 7) is 2.72. The SMILES string of the molecule is Cc1cccc(Cn2c(C#N)cc(N)c2Oc2ccc3c(c2)OCO3)c1. The molecule has 0 fully saturated rings. The summed E-state index contributed by atoms with van der Waals surface area (Å²) >= 11 is 0. The molecule has 1 aliphatic rings. The van der Waals surface area contributed by atoms with Crippen molar-refractivity contribution in [1.82, 2.24) is 4.57 Å². The molecule has 6 nitrogen and oxygen atoms in total. The van der Waals surface area contributed by atoms with E-state index in [2.05, 4.69) is 12.1 Å². The molecule has 0 aliphatic carbocycles. The predicted molar refractivity (Wildman–Crippen MR) is 96.5 cm³/mol. The molecule has 2 N–H and O–H groups in total. The number of anilines is 1. The van der Waals surface area contributed by atoms with Crippen LogP contribution >= 0.6 is 0 Å². The first-order valence-electron chi connectivity index (χ1n) is 8.16. The van der Waals surface area contributed by atoms with E-state index in [0.29, 0.717) is 41.1 Å². The Labute approximate surface area is 150 Å². The minimum atomic E-state index is 0.198. The molecule has 2 heterocycles. The van der Waals surface area contributed by atoms with Gasteiger partial charge in [0.15, 0.2) is 11.5 Å². The third-order valence-electron chi connectivity index (χ3n) is 4.17. The zero-order valence-corrected chi connectivity index (χ0v) is 14.2. The van der Waals surface area contributed by atoms with Crippen LogP contribution in [0, 0.1) is 18.3 Å². The summed E-state index contributed by atoms with van der Waals surface area (Å²) < 4.78 is 18.5. The Bertz CT molecular complexity index is 1020. The molecule has 26 heavy (non-hydrogen) atoms. The molecule has 4 rings (SSSR count). The zero-order chi connectivity index (χ0) is 18.1. The van der Waals surface area contributed by atoms with Gasteiger partial charge in [0.25, 0.3) is 0 Å². The maximum absolute atomic E-state index is 9.46. The highest BCUT2D eigenvalue weighted by Gasteiger charge is 2.18. The van der Waals surface area contributed by atoms with Crippen LogP contribution in [0.2, 0.25) is 0 Å². The lowest BCUT2D eigenvalue weighted by atomic mass is 10.1. The Morgan fingerprint density at radius 2 is 2.00 bits per heavy atom. The molecule has 0 saturated heterocycles. The van der Waals surface area contributed by atoms with Gasteiger partial charge in [0, 0.05) is 12.1 Å². The van der Waals surface area contributed by atoms with Crippen LogP contribution in [0.25, 0.3) is 0 Å². The minimum absolute atomic E-state index is 0.198. The fraction of sp³-hybridized carbons (Fsp3) is 0.150. The summed E-state index contributed by atoms with van der Waals surface area (Å²) in [4.78, 5) is 0. The Balaban J connectivity index is 1.69. The average Bonchev–Trinajstić information content (AvgIpc) is 3.20. The van der Waals surface area contributed by atoms with Gasteiger partial charge in [0.05, 0.1) is 12.2 Å². The quantitative estimate of drug-likeness (QED) is 0.776. The van der Waals surface area contributed by atoms with Crippen LogP contribution in [-0.2, 0) is 6.54 Å². The predicted octanol–water partition coefficient (Wildman–Crippen LogP) is 3.82. The van der Waals surface area contributed by atoms with Crippen molar-refractivity contribution in [2.24, 2.45) is 0 Å². The molecule has 0 spiro atoms. The first-order chi connectivity index (χ1) is 12.6. The molecule has 1 aliphatic heterocycles. The Morgan fingerprint density at radius 1 is 1.15 bits per heavy atom. The smallest absolute Gasteiger partial charge is 0.231 e. The third kappa shape index (κ3) is 2.91. The molecular formula is C20H17N3O3. The van der Waals surface area contributed by atoms with E-state index in [0.717, 1.165) is 11.1 Å². The topological polar surface area (TPSA) is 82.4 Å². The monoisotopic (exact) mass is 347 g/mol. The highest BCUT2D eigenvalue weighted by molar-refractivity contribution is 5.57. The number of nitrogens with two attached hydrogens (primary N) is 1. The first kappa shape index (κ1) is 15.9. The minimum Gasteiger partial charge on any atom is -0.454 e. The van der Waals surface area contributed by atoms with E-state index in [1.807, 2.05) is 25.1 Å². The van der Waals surface area contributed by atoms with Crippen LogP contribution < -0.4 is 19.9 Å². The number of hydrogen-bond acceptors (Lipinski definition) is 5. The highest BCUT2D eigenvalue weighted by Crippen LogP contribution is 2.38. The molecule has 0 unspecified atom stereocenters. The molecule has 2 aromatic carbocycles.